The SMILES string of the molecule is CNC(=S)N(Cc1ccccc1)Cc1nc2sc3c(c2c(=O)[nH]1)CCCC3. The van der Waals surface area contributed by atoms with E-state index in [4.69, 9.17) is 17.2 Å². The summed E-state index contributed by atoms with van der Waals surface area (Å²) in [6, 6.07) is 10.2. The first-order chi connectivity index (χ1) is 13.2. The van der Waals surface area contributed by atoms with Gasteiger partial charge in [-0.1, -0.05) is 30.3 Å². The molecule has 0 amide bonds. The molecule has 0 saturated carbocycles. The van der Waals surface area contributed by atoms with Gasteiger partial charge in [0, 0.05) is 18.5 Å². The zero-order valence-electron chi connectivity index (χ0n) is 15.2. The maximum Gasteiger partial charge on any atom is 0.259 e. The number of nitrogens with zero attached hydrogens (tertiary/aromatic N) is 2. The number of H-pyrrole nitrogens is 1. The summed E-state index contributed by atoms with van der Waals surface area (Å²) in [6.07, 6.45) is 4.41. The van der Waals surface area contributed by atoms with E-state index < -0.39 is 0 Å². The van der Waals surface area contributed by atoms with Gasteiger partial charge in [-0.05, 0) is 49.0 Å². The van der Waals surface area contributed by atoms with Crippen LogP contribution in [-0.4, -0.2) is 27.0 Å². The molecular formula is C20H22N4OS2. The molecule has 3 aromatic rings. The summed E-state index contributed by atoms with van der Waals surface area (Å²) in [6.45, 7) is 1.12. The molecule has 0 radical (unpaired) electrons. The van der Waals surface area contributed by atoms with Crippen molar-refractivity contribution >= 4 is 38.9 Å². The van der Waals surface area contributed by atoms with Crippen molar-refractivity contribution in [2.24, 2.45) is 0 Å². The largest absolute Gasteiger partial charge is 0.366 e. The molecular weight excluding hydrogens is 376 g/mol. The number of aromatic nitrogens is 2. The van der Waals surface area contributed by atoms with E-state index in [2.05, 4.69) is 22.4 Å². The van der Waals surface area contributed by atoms with Crippen LogP contribution in [0.1, 0.15) is 34.7 Å². The van der Waals surface area contributed by atoms with Crippen molar-refractivity contribution in [3.8, 4) is 0 Å². The van der Waals surface area contributed by atoms with Gasteiger partial charge in [-0.2, -0.15) is 0 Å². The standard InChI is InChI=1S/C20H22N4OS2/c1-21-20(26)24(11-13-7-3-2-4-8-13)12-16-22-18(25)17-14-9-5-6-10-15(14)27-19(17)23-16/h2-4,7-8H,5-6,9-12H2,1H3,(H,21,26)(H,22,23,25). The van der Waals surface area contributed by atoms with Crippen molar-refractivity contribution in [3.63, 3.8) is 0 Å². The number of hydrogen-bond donors (Lipinski definition) is 2. The Kier molecular flexibility index (Phi) is 5.22. The Labute approximate surface area is 167 Å². The lowest BCUT2D eigenvalue weighted by Gasteiger charge is -2.24. The molecule has 7 heteroatoms. The third-order valence-corrected chi connectivity index (χ3v) is 6.58. The topological polar surface area (TPSA) is 61.0 Å². The first-order valence-corrected chi connectivity index (χ1v) is 10.4. The number of aromatic amines is 1. The summed E-state index contributed by atoms with van der Waals surface area (Å²) in [4.78, 5) is 24.7. The highest BCUT2D eigenvalue weighted by Crippen LogP contribution is 2.33. The summed E-state index contributed by atoms with van der Waals surface area (Å²) >= 11 is 7.15. The van der Waals surface area contributed by atoms with Gasteiger partial charge in [-0.15, -0.1) is 11.3 Å². The average Bonchev–Trinajstić information content (AvgIpc) is 3.06. The number of hydrogen-bond acceptors (Lipinski definition) is 4. The highest BCUT2D eigenvalue weighted by Gasteiger charge is 2.20. The molecule has 1 aliphatic rings. The monoisotopic (exact) mass is 398 g/mol. The minimum absolute atomic E-state index is 0.0237. The van der Waals surface area contributed by atoms with E-state index in [1.54, 1.807) is 11.3 Å². The van der Waals surface area contributed by atoms with Gasteiger partial charge < -0.3 is 15.2 Å². The first kappa shape index (κ1) is 18.1. The molecule has 140 valence electrons. The molecule has 0 bridgehead atoms. The number of nitrogens with one attached hydrogen (secondary N) is 2. The van der Waals surface area contributed by atoms with Gasteiger partial charge >= 0.3 is 0 Å². The Morgan fingerprint density at radius 1 is 1.26 bits per heavy atom. The van der Waals surface area contributed by atoms with Crippen LogP contribution in [-0.2, 0) is 25.9 Å². The quantitative estimate of drug-likeness (QED) is 0.660. The molecule has 0 spiro atoms. The fourth-order valence-corrected chi connectivity index (χ4v) is 5.04. The second kappa shape index (κ2) is 7.78. The van der Waals surface area contributed by atoms with E-state index in [-0.39, 0.29) is 5.56 Å². The molecule has 5 nitrogen and oxygen atoms in total. The van der Waals surface area contributed by atoms with Gasteiger partial charge in [0.25, 0.3) is 5.56 Å². The van der Waals surface area contributed by atoms with E-state index in [0.29, 0.717) is 24.0 Å². The minimum Gasteiger partial charge on any atom is -0.366 e. The van der Waals surface area contributed by atoms with Crippen molar-refractivity contribution in [2.75, 3.05) is 7.05 Å². The summed E-state index contributed by atoms with van der Waals surface area (Å²) < 4.78 is 0. The van der Waals surface area contributed by atoms with Gasteiger partial charge in [-0.3, -0.25) is 4.79 Å². The minimum atomic E-state index is -0.0237. The maximum absolute atomic E-state index is 12.8. The van der Waals surface area contributed by atoms with Crippen LogP contribution in [0, 0.1) is 0 Å². The highest BCUT2D eigenvalue weighted by atomic mass is 32.1. The summed E-state index contributed by atoms with van der Waals surface area (Å²) in [5, 5.41) is 4.46. The fraction of sp³-hybridized carbons (Fsp3) is 0.350. The predicted octanol–water partition coefficient (Wildman–Crippen LogP) is 3.37. The Hall–Kier alpha value is -2.25. The number of rotatable bonds is 4. The zero-order valence-corrected chi connectivity index (χ0v) is 16.9. The van der Waals surface area contributed by atoms with Crippen LogP contribution in [0.4, 0.5) is 0 Å². The number of aryl methyl sites for hydroxylation is 2. The maximum atomic E-state index is 12.8. The summed E-state index contributed by atoms with van der Waals surface area (Å²) in [7, 11) is 1.81. The lowest BCUT2D eigenvalue weighted by Crippen LogP contribution is -2.37. The van der Waals surface area contributed by atoms with Crippen LogP contribution in [0.2, 0.25) is 0 Å². The van der Waals surface area contributed by atoms with E-state index in [1.165, 1.54) is 16.9 Å². The first-order valence-electron chi connectivity index (χ1n) is 9.19. The lowest BCUT2D eigenvalue weighted by molar-refractivity contribution is 0.391. The predicted molar refractivity (Wildman–Crippen MR) is 114 cm³/mol. The molecule has 27 heavy (non-hydrogen) atoms. The van der Waals surface area contributed by atoms with Crippen molar-refractivity contribution in [3.05, 3.63) is 62.5 Å². The van der Waals surface area contributed by atoms with Crippen LogP contribution in [0.5, 0.6) is 0 Å². The van der Waals surface area contributed by atoms with Crippen molar-refractivity contribution < 1.29 is 0 Å². The van der Waals surface area contributed by atoms with E-state index in [9.17, 15) is 4.79 Å². The van der Waals surface area contributed by atoms with Crippen LogP contribution in [0.25, 0.3) is 10.2 Å². The summed E-state index contributed by atoms with van der Waals surface area (Å²) in [5.41, 5.74) is 2.35. The Bertz CT molecular complexity index is 1030. The van der Waals surface area contributed by atoms with Gasteiger partial charge in [-0.25, -0.2) is 4.98 Å². The van der Waals surface area contributed by atoms with Crippen molar-refractivity contribution in [2.45, 2.75) is 38.8 Å². The van der Waals surface area contributed by atoms with Crippen LogP contribution in [0.15, 0.2) is 35.1 Å². The van der Waals surface area contributed by atoms with Crippen molar-refractivity contribution in [1.82, 2.24) is 20.2 Å². The second-order valence-electron chi connectivity index (χ2n) is 6.80. The van der Waals surface area contributed by atoms with Crippen LogP contribution in [0.3, 0.4) is 0 Å². The molecule has 2 heterocycles. The summed E-state index contributed by atoms with van der Waals surface area (Å²) in [5.74, 6) is 0.652. The molecule has 0 unspecified atom stereocenters. The Morgan fingerprint density at radius 2 is 2.04 bits per heavy atom. The molecule has 0 aliphatic heterocycles. The molecule has 0 fully saturated rings. The Balaban J connectivity index is 1.65. The van der Waals surface area contributed by atoms with E-state index in [1.807, 2.05) is 30.1 Å². The smallest absolute Gasteiger partial charge is 0.259 e. The average molecular weight is 399 g/mol. The molecule has 4 rings (SSSR count). The number of benzene rings is 1. The highest BCUT2D eigenvalue weighted by molar-refractivity contribution is 7.80. The number of fused-ring (bicyclic) bond motifs is 3. The molecule has 0 saturated heterocycles. The second-order valence-corrected chi connectivity index (χ2v) is 8.27. The van der Waals surface area contributed by atoms with Crippen LogP contribution >= 0.6 is 23.6 Å². The lowest BCUT2D eigenvalue weighted by atomic mass is 9.97. The molecule has 1 aromatic carbocycles. The van der Waals surface area contributed by atoms with E-state index >= 15 is 0 Å². The normalized spacial score (nSPS) is 13.4. The van der Waals surface area contributed by atoms with Gasteiger partial charge in [0.05, 0.1) is 11.9 Å². The van der Waals surface area contributed by atoms with Crippen LogP contribution < -0.4 is 10.9 Å². The third kappa shape index (κ3) is 3.75. The van der Waals surface area contributed by atoms with E-state index in [0.717, 1.165) is 35.0 Å². The fourth-order valence-electron chi connectivity index (χ4n) is 3.63. The van der Waals surface area contributed by atoms with Gasteiger partial charge in [0.2, 0.25) is 0 Å². The molecule has 0 atom stereocenters. The van der Waals surface area contributed by atoms with Gasteiger partial charge in [0.1, 0.15) is 10.7 Å². The third-order valence-electron chi connectivity index (χ3n) is 4.93. The van der Waals surface area contributed by atoms with Crippen molar-refractivity contribution in [1.29, 1.82) is 0 Å². The zero-order chi connectivity index (χ0) is 18.8. The molecule has 2 aromatic heterocycles. The molecule has 2 N–H and O–H groups in total. The van der Waals surface area contributed by atoms with Gasteiger partial charge in [0.15, 0.2) is 5.11 Å². The Morgan fingerprint density at radius 3 is 2.81 bits per heavy atom. The molecule has 1 aliphatic carbocycles. The number of thiophene rings is 1. The number of thiocarbonyl (C=S) groups is 1.